The Morgan fingerprint density at radius 1 is 0.852 bits per heavy atom. The fourth-order valence-corrected chi connectivity index (χ4v) is 4.36. The molecule has 1 heterocycles. The van der Waals surface area contributed by atoms with Gasteiger partial charge in [-0.15, -0.1) is 11.3 Å². The summed E-state index contributed by atoms with van der Waals surface area (Å²) in [6.45, 7) is 2.63. The standard InChI is InChI=1S/C24H21NOS/c1-17-11-13-18(14-12-17)15-21-20-9-5-6-10-22(20)27-23(21)24(26)25-16-19-7-3-2-4-8-19/h2-14H,15-16H2,1H3,(H,25,26). The third-order valence-corrected chi connectivity index (χ3v) is 5.91. The topological polar surface area (TPSA) is 29.1 Å². The largest absolute Gasteiger partial charge is 0.347 e. The molecule has 0 saturated heterocycles. The highest BCUT2D eigenvalue weighted by Gasteiger charge is 2.18. The fourth-order valence-electron chi connectivity index (χ4n) is 3.23. The van der Waals surface area contributed by atoms with Crippen molar-refractivity contribution in [2.24, 2.45) is 0 Å². The van der Waals surface area contributed by atoms with E-state index in [9.17, 15) is 4.79 Å². The minimum absolute atomic E-state index is 0.00200. The van der Waals surface area contributed by atoms with Gasteiger partial charge in [-0.2, -0.15) is 0 Å². The first kappa shape index (κ1) is 17.5. The molecule has 3 aromatic carbocycles. The second-order valence-corrected chi connectivity index (χ2v) is 7.79. The van der Waals surface area contributed by atoms with Gasteiger partial charge in [0.05, 0.1) is 4.88 Å². The zero-order valence-corrected chi connectivity index (χ0v) is 16.1. The molecule has 27 heavy (non-hydrogen) atoms. The van der Waals surface area contributed by atoms with Crippen molar-refractivity contribution >= 4 is 27.3 Å². The van der Waals surface area contributed by atoms with Crippen molar-refractivity contribution in [3.8, 4) is 0 Å². The second-order valence-electron chi connectivity index (χ2n) is 6.74. The molecule has 0 radical (unpaired) electrons. The van der Waals surface area contributed by atoms with Gasteiger partial charge < -0.3 is 5.32 Å². The molecule has 4 rings (SSSR count). The quantitative estimate of drug-likeness (QED) is 0.477. The Labute approximate surface area is 163 Å². The van der Waals surface area contributed by atoms with Crippen LogP contribution in [-0.4, -0.2) is 5.91 Å². The van der Waals surface area contributed by atoms with Crippen LogP contribution in [0, 0.1) is 6.92 Å². The van der Waals surface area contributed by atoms with Gasteiger partial charge in [0.15, 0.2) is 0 Å². The number of hydrogen-bond donors (Lipinski definition) is 1. The lowest BCUT2D eigenvalue weighted by Crippen LogP contribution is -2.22. The summed E-state index contributed by atoms with van der Waals surface area (Å²) in [7, 11) is 0. The molecule has 1 N–H and O–H groups in total. The van der Waals surface area contributed by atoms with E-state index < -0.39 is 0 Å². The predicted octanol–water partition coefficient (Wildman–Crippen LogP) is 5.73. The van der Waals surface area contributed by atoms with Crippen molar-refractivity contribution in [1.29, 1.82) is 0 Å². The van der Waals surface area contributed by atoms with Crippen LogP contribution in [0.15, 0.2) is 78.9 Å². The van der Waals surface area contributed by atoms with Crippen LogP contribution in [0.25, 0.3) is 10.1 Å². The van der Waals surface area contributed by atoms with E-state index >= 15 is 0 Å². The van der Waals surface area contributed by atoms with E-state index in [1.54, 1.807) is 11.3 Å². The lowest BCUT2D eigenvalue weighted by molar-refractivity contribution is 0.0954. The molecule has 1 amide bonds. The van der Waals surface area contributed by atoms with Gasteiger partial charge in [-0.1, -0.05) is 78.4 Å². The first-order valence-electron chi connectivity index (χ1n) is 9.09. The molecule has 1 aromatic heterocycles. The molecule has 0 aliphatic heterocycles. The van der Waals surface area contributed by atoms with Gasteiger partial charge in [0.25, 0.3) is 5.91 Å². The van der Waals surface area contributed by atoms with Crippen molar-refractivity contribution in [2.45, 2.75) is 19.9 Å². The molecule has 0 saturated carbocycles. The maximum atomic E-state index is 13.0. The number of benzene rings is 3. The number of carbonyl (C=O) groups is 1. The van der Waals surface area contributed by atoms with Crippen molar-refractivity contribution in [3.63, 3.8) is 0 Å². The third-order valence-electron chi connectivity index (χ3n) is 4.70. The Morgan fingerprint density at radius 2 is 1.56 bits per heavy atom. The highest BCUT2D eigenvalue weighted by atomic mass is 32.1. The van der Waals surface area contributed by atoms with Gasteiger partial charge in [0.2, 0.25) is 0 Å². The fraction of sp³-hybridized carbons (Fsp3) is 0.125. The lowest BCUT2D eigenvalue weighted by Gasteiger charge is -2.08. The predicted molar refractivity (Wildman–Crippen MR) is 113 cm³/mol. The number of carbonyl (C=O) groups excluding carboxylic acids is 1. The van der Waals surface area contributed by atoms with Crippen LogP contribution in [0.3, 0.4) is 0 Å². The second kappa shape index (κ2) is 7.77. The Hall–Kier alpha value is -2.91. The Kier molecular flexibility index (Phi) is 5.03. The van der Waals surface area contributed by atoms with E-state index in [0.29, 0.717) is 6.54 Å². The SMILES string of the molecule is Cc1ccc(Cc2c(C(=O)NCc3ccccc3)sc3ccccc23)cc1. The first-order valence-corrected chi connectivity index (χ1v) is 9.90. The number of hydrogen-bond acceptors (Lipinski definition) is 2. The summed E-state index contributed by atoms with van der Waals surface area (Å²) < 4.78 is 1.16. The average Bonchev–Trinajstić information content (AvgIpc) is 3.07. The smallest absolute Gasteiger partial charge is 0.261 e. The molecule has 4 aromatic rings. The zero-order chi connectivity index (χ0) is 18.6. The van der Waals surface area contributed by atoms with E-state index in [1.165, 1.54) is 16.5 Å². The van der Waals surface area contributed by atoms with Crippen LogP contribution < -0.4 is 5.32 Å². The highest BCUT2D eigenvalue weighted by Crippen LogP contribution is 2.33. The Balaban J connectivity index is 1.64. The minimum atomic E-state index is 0.00200. The zero-order valence-electron chi connectivity index (χ0n) is 15.2. The van der Waals surface area contributed by atoms with Crippen LogP contribution >= 0.6 is 11.3 Å². The van der Waals surface area contributed by atoms with Crippen LogP contribution in [0.2, 0.25) is 0 Å². The molecular weight excluding hydrogens is 350 g/mol. The monoisotopic (exact) mass is 371 g/mol. The third kappa shape index (κ3) is 3.93. The molecule has 134 valence electrons. The van der Waals surface area contributed by atoms with Crippen molar-refractivity contribution in [3.05, 3.63) is 106 Å². The molecule has 0 aliphatic carbocycles. The molecule has 0 unspecified atom stereocenters. The maximum absolute atomic E-state index is 13.0. The van der Waals surface area contributed by atoms with Crippen molar-refractivity contribution in [1.82, 2.24) is 5.32 Å². The molecule has 2 nitrogen and oxygen atoms in total. The summed E-state index contributed by atoms with van der Waals surface area (Å²) in [5, 5.41) is 4.26. The van der Waals surface area contributed by atoms with E-state index in [2.05, 4.69) is 48.6 Å². The lowest BCUT2D eigenvalue weighted by atomic mass is 10.0. The van der Waals surface area contributed by atoms with E-state index in [-0.39, 0.29) is 5.91 Å². The van der Waals surface area contributed by atoms with E-state index in [1.807, 2.05) is 42.5 Å². The van der Waals surface area contributed by atoms with Crippen LogP contribution in [-0.2, 0) is 13.0 Å². The summed E-state index contributed by atoms with van der Waals surface area (Å²) in [6, 6.07) is 26.8. The van der Waals surface area contributed by atoms with Gasteiger partial charge in [0.1, 0.15) is 0 Å². The van der Waals surface area contributed by atoms with Gasteiger partial charge in [-0.25, -0.2) is 0 Å². The van der Waals surface area contributed by atoms with Crippen molar-refractivity contribution < 1.29 is 4.79 Å². The summed E-state index contributed by atoms with van der Waals surface area (Å²) in [5.41, 5.74) is 4.69. The van der Waals surface area contributed by atoms with Crippen LogP contribution in [0.1, 0.15) is 31.9 Å². The van der Waals surface area contributed by atoms with Crippen LogP contribution in [0.5, 0.6) is 0 Å². The average molecular weight is 372 g/mol. The minimum Gasteiger partial charge on any atom is -0.347 e. The van der Waals surface area contributed by atoms with E-state index in [4.69, 9.17) is 0 Å². The molecule has 0 bridgehead atoms. The summed E-state index contributed by atoms with van der Waals surface area (Å²) >= 11 is 1.58. The summed E-state index contributed by atoms with van der Waals surface area (Å²) in [5.74, 6) is 0.00200. The van der Waals surface area contributed by atoms with Gasteiger partial charge in [0, 0.05) is 11.2 Å². The normalized spacial score (nSPS) is 10.9. The molecule has 0 atom stereocenters. The number of rotatable bonds is 5. The molecule has 0 fully saturated rings. The summed E-state index contributed by atoms with van der Waals surface area (Å²) in [6.07, 6.45) is 0.762. The van der Waals surface area contributed by atoms with E-state index in [0.717, 1.165) is 27.1 Å². The molecular formula is C24H21NOS. The van der Waals surface area contributed by atoms with Gasteiger partial charge in [-0.05, 0) is 41.5 Å². The van der Waals surface area contributed by atoms with Crippen molar-refractivity contribution in [2.75, 3.05) is 0 Å². The molecule has 3 heteroatoms. The van der Waals surface area contributed by atoms with Gasteiger partial charge >= 0.3 is 0 Å². The summed E-state index contributed by atoms with van der Waals surface area (Å²) in [4.78, 5) is 13.8. The number of thiophene rings is 1. The highest BCUT2D eigenvalue weighted by molar-refractivity contribution is 7.21. The molecule has 0 spiro atoms. The number of aryl methyl sites for hydroxylation is 1. The number of amides is 1. The first-order chi connectivity index (χ1) is 13.2. The molecule has 0 aliphatic rings. The van der Waals surface area contributed by atoms with Gasteiger partial charge in [-0.3, -0.25) is 4.79 Å². The van der Waals surface area contributed by atoms with Crippen LogP contribution in [0.4, 0.5) is 0 Å². The number of nitrogens with one attached hydrogen (secondary N) is 1. The Morgan fingerprint density at radius 3 is 2.33 bits per heavy atom. The number of fused-ring (bicyclic) bond motifs is 1. The Bertz CT molecular complexity index is 1060. The maximum Gasteiger partial charge on any atom is 0.261 e.